The van der Waals surface area contributed by atoms with Gasteiger partial charge in [0.2, 0.25) is 0 Å². The Balaban J connectivity index is 4.43. The lowest BCUT2D eigenvalue weighted by atomic mass is 9.75. The van der Waals surface area contributed by atoms with Gasteiger partial charge in [0.15, 0.2) is 0 Å². The molecule has 0 saturated heterocycles. The van der Waals surface area contributed by atoms with E-state index in [1.807, 2.05) is 20.8 Å². The maximum Gasteiger partial charge on any atom is 0.145 e. The molecule has 0 rings (SSSR count). The van der Waals surface area contributed by atoms with Crippen molar-refractivity contribution in [3.63, 3.8) is 0 Å². The zero-order valence-electron chi connectivity index (χ0n) is 7.42. The fourth-order valence-electron chi connectivity index (χ4n) is 0.697. The van der Waals surface area contributed by atoms with Crippen molar-refractivity contribution < 1.29 is 9.90 Å². The van der Waals surface area contributed by atoms with Crippen LogP contribution in [0.2, 0.25) is 0 Å². The molecule has 0 spiro atoms. The van der Waals surface area contributed by atoms with Crippen molar-refractivity contribution in [2.75, 3.05) is 6.61 Å². The summed E-state index contributed by atoms with van der Waals surface area (Å²) in [5.41, 5.74) is 0.246. The number of hydrogen-bond acceptors (Lipinski definition) is 2. The van der Waals surface area contributed by atoms with E-state index in [0.29, 0.717) is 5.57 Å². The predicted molar refractivity (Wildman–Crippen MR) is 45.2 cm³/mol. The topological polar surface area (TPSA) is 37.3 Å². The molecule has 1 atom stereocenters. The van der Waals surface area contributed by atoms with E-state index < -0.39 is 0 Å². The highest BCUT2D eigenvalue weighted by molar-refractivity contribution is 5.74. The van der Waals surface area contributed by atoms with Gasteiger partial charge in [-0.05, 0) is 16.9 Å². The fourth-order valence-corrected chi connectivity index (χ4v) is 0.697. The minimum absolute atomic E-state index is 0.0696. The Hall–Kier alpha value is -0.630. The summed E-state index contributed by atoms with van der Waals surface area (Å²) >= 11 is 0. The molecule has 0 aliphatic rings. The molecule has 2 heteroatoms. The first-order valence-corrected chi connectivity index (χ1v) is 3.72. The van der Waals surface area contributed by atoms with E-state index in [1.54, 1.807) is 0 Å². The highest BCUT2D eigenvalue weighted by Crippen LogP contribution is 2.32. The minimum Gasteiger partial charge on any atom is -0.396 e. The number of rotatable bonds is 4. The molecule has 11 heavy (non-hydrogen) atoms. The molecule has 1 N–H and O–H groups in total. The van der Waals surface area contributed by atoms with E-state index in [2.05, 4.69) is 6.58 Å². The molecule has 0 aliphatic heterocycles. The van der Waals surface area contributed by atoms with E-state index in [-0.39, 0.29) is 17.9 Å². The van der Waals surface area contributed by atoms with Gasteiger partial charge in [0.1, 0.15) is 6.29 Å². The monoisotopic (exact) mass is 156 g/mol. The summed E-state index contributed by atoms with van der Waals surface area (Å²) in [6.07, 6.45) is 0.756. The Bertz CT molecular complexity index is 159. The number of aliphatic hydroxyl groups is 1. The molecule has 0 bridgehead atoms. The number of aldehydes is 1. The summed E-state index contributed by atoms with van der Waals surface area (Å²) in [5.74, 6) is 0.0696. The van der Waals surface area contributed by atoms with Gasteiger partial charge in [-0.2, -0.15) is 0 Å². The summed E-state index contributed by atoms with van der Waals surface area (Å²) < 4.78 is 0. The van der Waals surface area contributed by atoms with E-state index >= 15 is 0 Å². The van der Waals surface area contributed by atoms with Crippen LogP contribution >= 0.6 is 0 Å². The van der Waals surface area contributed by atoms with Crippen molar-refractivity contribution >= 4 is 6.29 Å². The van der Waals surface area contributed by atoms with Crippen LogP contribution in [0.15, 0.2) is 12.2 Å². The smallest absolute Gasteiger partial charge is 0.145 e. The van der Waals surface area contributed by atoms with Crippen LogP contribution < -0.4 is 0 Å². The lowest BCUT2D eigenvalue weighted by molar-refractivity contribution is -0.106. The van der Waals surface area contributed by atoms with Gasteiger partial charge in [0, 0.05) is 6.61 Å². The normalized spacial score (nSPS) is 14.2. The molecule has 0 aromatic rings. The maximum atomic E-state index is 10.4. The number of carbonyl (C=O) groups excluding carboxylic acids is 1. The van der Waals surface area contributed by atoms with Crippen LogP contribution in [0, 0.1) is 11.3 Å². The SMILES string of the molecule is C=C(C=O)C(C)(C)C(C)CO. The van der Waals surface area contributed by atoms with Crippen LogP contribution in [0.5, 0.6) is 0 Å². The highest BCUT2D eigenvalue weighted by atomic mass is 16.3. The molecule has 0 amide bonds. The second-order valence-corrected chi connectivity index (χ2v) is 3.45. The third kappa shape index (κ3) is 2.15. The summed E-state index contributed by atoms with van der Waals surface area (Å²) in [5, 5.41) is 8.86. The van der Waals surface area contributed by atoms with Gasteiger partial charge in [0.25, 0.3) is 0 Å². The van der Waals surface area contributed by atoms with Gasteiger partial charge >= 0.3 is 0 Å². The first kappa shape index (κ1) is 10.4. The number of hydrogen-bond donors (Lipinski definition) is 1. The van der Waals surface area contributed by atoms with Gasteiger partial charge in [0.05, 0.1) is 0 Å². The first-order valence-electron chi connectivity index (χ1n) is 3.72. The van der Waals surface area contributed by atoms with Crippen LogP contribution in [0.25, 0.3) is 0 Å². The van der Waals surface area contributed by atoms with Crippen LogP contribution in [-0.2, 0) is 4.79 Å². The molecule has 0 heterocycles. The van der Waals surface area contributed by atoms with Crippen molar-refractivity contribution in [2.24, 2.45) is 11.3 Å². The first-order chi connectivity index (χ1) is 4.96. The van der Waals surface area contributed by atoms with E-state index in [1.165, 1.54) is 0 Å². The second-order valence-electron chi connectivity index (χ2n) is 3.45. The van der Waals surface area contributed by atoms with Crippen molar-refractivity contribution in [2.45, 2.75) is 20.8 Å². The third-order valence-electron chi connectivity index (χ3n) is 2.48. The molecular weight excluding hydrogens is 140 g/mol. The average molecular weight is 156 g/mol. The molecule has 0 aromatic carbocycles. The molecule has 0 radical (unpaired) electrons. The Kier molecular flexibility index (Phi) is 3.46. The summed E-state index contributed by atoms with van der Waals surface area (Å²) in [7, 11) is 0. The Morgan fingerprint density at radius 1 is 1.73 bits per heavy atom. The summed E-state index contributed by atoms with van der Waals surface area (Å²) in [6, 6.07) is 0. The van der Waals surface area contributed by atoms with Crippen molar-refractivity contribution in [1.82, 2.24) is 0 Å². The standard InChI is InChI=1S/C9H16O2/c1-7(5-10)9(3,4)8(2)6-11/h5,8,11H,1,6H2,2-4H3. The van der Waals surface area contributed by atoms with Gasteiger partial charge in [-0.1, -0.05) is 27.4 Å². The van der Waals surface area contributed by atoms with Crippen molar-refractivity contribution in [3.8, 4) is 0 Å². The van der Waals surface area contributed by atoms with Crippen LogP contribution in [-0.4, -0.2) is 18.0 Å². The maximum absolute atomic E-state index is 10.4. The van der Waals surface area contributed by atoms with Crippen LogP contribution in [0.4, 0.5) is 0 Å². The number of carbonyl (C=O) groups is 1. The lowest BCUT2D eigenvalue weighted by Crippen LogP contribution is -2.26. The van der Waals surface area contributed by atoms with Gasteiger partial charge in [-0.25, -0.2) is 0 Å². The van der Waals surface area contributed by atoms with E-state index in [9.17, 15) is 4.79 Å². The van der Waals surface area contributed by atoms with Crippen LogP contribution in [0.1, 0.15) is 20.8 Å². The summed E-state index contributed by atoms with van der Waals surface area (Å²) in [6.45, 7) is 9.43. The van der Waals surface area contributed by atoms with Gasteiger partial charge in [-0.15, -0.1) is 0 Å². The molecule has 64 valence electrons. The largest absolute Gasteiger partial charge is 0.396 e. The molecule has 0 aromatic heterocycles. The third-order valence-corrected chi connectivity index (χ3v) is 2.48. The quantitative estimate of drug-likeness (QED) is 0.493. The van der Waals surface area contributed by atoms with E-state index in [0.717, 1.165) is 6.29 Å². The molecule has 1 unspecified atom stereocenters. The molecule has 2 nitrogen and oxygen atoms in total. The van der Waals surface area contributed by atoms with Crippen molar-refractivity contribution in [3.05, 3.63) is 12.2 Å². The molecule has 0 aliphatic carbocycles. The highest BCUT2D eigenvalue weighted by Gasteiger charge is 2.27. The second kappa shape index (κ2) is 3.67. The van der Waals surface area contributed by atoms with Gasteiger partial charge < -0.3 is 5.11 Å². The Labute approximate surface area is 67.9 Å². The van der Waals surface area contributed by atoms with Crippen LogP contribution in [0.3, 0.4) is 0 Å². The molecule has 0 saturated carbocycles. The zero-order valence-corrected chi connectivity index (χ0v) is 7.42. The Morgan fingerprint density at radius 2 is 2.18 bits per heavy atom. The van der Waals surface area contributed by atoms with Gasteiger partial charge in [-0.3, -0.25) is 4.79 Å². The fraction of sp³-hybridized carbons (Fsp3) is 0.667. The lowest BCUT2D eigenvalue weighted by Gasteiger charge is -2.29. The predicted octanol–water partition coefficient (Wildman–Crippen LogP) is 1.40. The van der Waals surface area contributed by atoms with E-state index in [4.69, 9.17) is 5.11 Å². The average Bonchev–Trinajstić information content (AvgIpc) is 2.01. The number of aliphatic hydroxyl groups excluding tert-OH is 1. The summed E-state index contributed by atoms with van der Waals surface area (Å²) in [4.78, 5) is 10.4. The number of allylic oxidation sites excluding steroid dienone is 1. The Morgan fingerprint density at radius 3 is 2.45 bits per heavy atom. The van der Waals surface area contributed by atoms with Crippen molar-refractivity contribution in [1.29, 1.82) is 0 Å². The zero-order chi connectivity index (χ0) is 9.07. The minimum atomic E-state index is -0.295. The molecular formula is C9H16O2. The molecule has 0 fully saturated rings.